The third kappa shape index (κ3) is 5.00. The summed E-state index contributed by atoms with van der Waals surface area (Å²) in [6.07, 6.45) is 0.790. The standard InChI is InChI=1S/C25H25N3O3S/c1-30-20-10-8-18(9-11-20)17-4-6-19(7-5-17)25(29)27-15-3-14-26-24-22-16-21(31-2)12-13-23(22)32-28-24/h4-13,16H,3,14-15H2,1-2H3,(H,26,28)(H,27,29). The van der Waals surface area contributed by atoms with Crippen molar-refractivity contribution in [2.75, 3.05) is 32.6 Å². The second-order valence-corrected chi connectivity index (χ2v) is 8.04. The maximum atomic E-state index is 12.4. The SMILES string of the molecule is COc1ccc(-c2ccc(C(=O)NCCCNc3nsc4ccc(OC)cc34)cc2)cc1. The number of aromatic nitrogens is 1. The fourth-order valence-corrected chi connectivity index (χ4v) is 4.10. The van der Waals surface area contributed by atoms with Crippen LogP contribution in [0.3, 0.4) is 0 Å². The molecule has 164 valence electrons. The van der Waals surface area contributed by atoms with Crippen molar-refractivity contribution in [2.24, 2.45) is 0 Å². The van der Waals surface area contributed by atoms with Gasteiger partial charge in [-0.2, -0.15) is 4.37 Å². The van der Waals surface area contributed by atoms with Gasteiger partial charge in [0.2, 0.25) is 0 Å². The zero-order valence-corrected chi connectivity index (χ0v) is 18.9. The number of hydrogen-bond acceptors (Lipinski definition) is 6. The molecule has 1 amide bonds. The Hall–Kier alpha value is -3.58. The minimum absolute atomic E-state index is 0.0740. The summed E-state index contributed by atoms with van der Waals surface area (Å²) in [7, 11) is 3.31. The third-order valence-electron chi connectivity index (χ3n) is 5.18. The van der Waals surface area contributed by atoms with Crippen LogP contribution in [0.2, 0.25) is 0 Å². The van der Waals surface area contributed by atoms with E-state index in [1.54, 1.807) is 14.2 Å². The van der Waals surface area contributed by atoms with Crippen LogP contribution in [0.1, 0.15) is 16.8 Å². The van der Waals surface area contributed by atoms with E-state index >= 15 is 0 Å². The van der Waals surface area contributed by atoms with Crippen LogP contribution in [0.25, 0.3) is 21.2 Å². The Labute approximate surface area is 191 Å². The van der Waals surface area contributed by atoms with Gasteiger partial charge in [0.25, 0.3) is 5.91 Å². The number of nitrogens with zero attached hydrogens (tertiary/aromatic N) is 1. The molecule has 0 fully saturated rings. The summed E-state index contributed by atoms with van der Waals surface area (Å²) in [4.78, 5) is 12.4. The summed E-state index contributed by atoms with van der Waals surface area (Å²) in [5, 5.41) is 7.38. The van der Waals surface area contributed by atoms with E-state index in [4.69, 9.17) is 9.47 Å². The molecule has 0 radical (unpaired) electrons. The number of fused-ring (bicyclic) bond motifs is 1. The fourth-order valence-electron chi connectivity index (χ4n) is 3.37. The molecule has 3 aromatic carbocycles. The van der Waals surface area contributed by atoms with Crippen molar-refractivity contribution >= 4 is 33.3 Å². The normalized spacial score (nSPS) is 10.7. The predicted octanol–water partition coefficient (Wildman–Crippen LogP) is 5.21. The van der Waals surface area contributed by atoms with Crippen LogP contribution >= 0.6 is 11.5 Å². The molecule has 0 saturated heterocycles. The highest BCUT2D eigenvalue weighted by Gasteiger charge is 2.08. The minimum Gasteiger partial charge on any atom is -0.497 e. The summed E-state index contributed by atoms with van der Waals surface area (Å²) in [6.45, 7) is 1.30. The monoisotopic (exact) mass is 447 g/mol. The summed E-state index contributed by atoms with van der Waals surface area (Å²) < 4.78 is 16.1. The van der Waals surface area contributed by atoms with Crippen LogP contribution in [0.5, 0.6) is 11.5 Å². The quantitative estimate of drug-likeness (QED) is 0.345. The van der Waals surface area contributed by atoms with E-state index in [1.165, 1.54) is 11.5 Å². The van der Waals surface area contributed by atoms with Crippen LogP contribution in [0, 0.1) is 0 Å². The Morgan fingerprint density at radius 1 is 0.875 bits per heavy atom. The van der Waals surface area contributed by atoms with E-state index in [9.17, 15) is 4.79 Å². The molecule has 1 aromatic heterocycles. The van der Waals surface area contributed by atoms with Crippen molar-refractivity contribution in [3.63, 3.8) is 0 Å². The van der Waals surface area contributed by atoms with Gasteiger partial charge in [-0.25, -0.2) is 0 Å². The molecule has 4 aromatic rings. The van der Waals surface area contributed by atoms with Gasteiger partial charge >= 0.3 is 0 Å². The van der Waals surface area contributed by atoms with E-state index in [1.807, 2.05) is 66.7 Å². The molecule has 0 atom stereocenters. The largest absolute Gasteiger partial charge is 0.497 e. The second kappa shape index (κ2) is 10.2. The first-order valence-corrected chi connectivity index (χ1v) is 11.2. The number of benzene rings is 3. The Bertz CT molecular complexity index is 1190. The molecular weight excluding hydrogens is 422 g/mol. The Kier molecular flexibility index (Phi) is 6.87. The molecule has 7 heteroatoms. The minimum atomic E-state index is -0.0740. The first-order chi connectivity index (χ1) is 15.7. The summed E-state index contributed by atoms with van der Waals surface area (Å²) >= 11 is 1.46. The number of rotatable bonds is 9. The van der Waals surface area contributed by atoms with Crippen LogP contribution < -0.4 is 20.1 Å². The van der Waals surface area contributed by atoms with Crippen LogP contribution in [-0.2, 0) is 0 Å². The first kappa shape index (κ1) is 21.6. The van der Waals surface area contributed by atoms with E-state index in [2.05, 4.69) is 15.0 Å². The Morgan fingerprint density at radius 2 is 1.53 bits per heavy atom. The van der Waals surface area contributed by atoms with E-state index in [-0.39, 0.29) is 5.91 Å². The molecule has 0 aliphatic heterocycles. The highest BCUT2D eigenvalue weighted by molar-refractivity contribution is 7.13. The number of carbonyl (C=O) groups is 1. The van der Waals surface area contributed by atoms with Gasteiger partial charge in [0.05, 0.1) is 18.9 Å². The smallest absolute Gasteiger partial charge is 0.251 e. The summed E-state index contributed by atoms with van der Waals surface area (Å²) in [6, 6.07) is 21.4. The predicted molar refractivity (Wildman–Crippen MR) is 130 cm³/mol. The fraction of sp³-hybridized carbons (Fsp3) is 0.200. The maximum Gasteiger partial charge on any atom is 0.251 e. The molecule has 0 bridgehead atoms. The molecule has 0 saturated carbocycles. The Balaban J connectivity index is 1.25. The van der Waals surface area contributed by atoms with Gasteiger partial charge in [-0.3, -0.25) is 4.79 Å². The lowest BCUT2D eigenvalue weighted by atomic mass is 10.0. The Morgan fingerprint density at radius 3 is 2.22 bits per heavy atom. The zero-order chi connectivity index (χ0) is 22.3. The van der Waals surface area contributed by atoms with Gasteiger partial charge in [-0.1, -0.05) is 24.3 Å². The zero-order valence-electron chi connectivity index (χ0n) is 18.1. The molecule has 1 heterocycles. The average Bonchev–Trinajstić information content (AvgIpc) is 3.26. The number of carbonyl (C=O) groups excluding carboxylic acids is 1. The van der Waals surface area contributed by atoms with Gasteiger partial charge in [0, 0.05) is 24.0 Å². The first-order valence-electron chi connectivity index (χ1n) is 10.4. The van der Waals surface area contributed by atoms with Crippen LogP contribution in [0.15, 0.2) is 66.7 Å². The van der Waals surface area contributed by atoms with Gasteiger partial charge in [-0.15, -0.1) is 0 Å². The van der Waals surface area contributed by atoms with Gasteiger partial charge < -0.3 is 20.1 Å². The van der Waals surface area contributed by atoms with Crippen molar-refractivity contribution in [1.29, 1.82) is 0 Å². The maximum absolute atomic E-state index is 12.4. The molecule has 0 unspecified atom stereocenters. The van der Waals surface area contributed by atoms with E-state index < -0.39 is 0 Å². The third-order valence-corrected chi connectivity index (χ3v) is 6.01. The topological polar surface area (TPSA) is 72.5 Å². The lowest BCUT2D eigenvalue weighted by Gasteiger charge is -2.08. The van der Waals surface area contributed by atoms with Gasteiger partial charge in [0.1, 0.15) is 17.3 Å². The molecule has 0 spiro atoms. The number of anilines is 1. The van der Waals surface area contributed by atoms with Crippen molar-refractivity contribution < 1.29 is 14.3 Å². The molecule has 2 N–H and O–H groups in total. The number of hydrogen-bond donors (Lipinski definition) is 2. The lowest BCUT2D eigenvalue weighted by Crippen LogP contribution is -2.25. The average molecular weight is 448 g/mol. The van der Waals surface area contributed by atoms with Crippen LogP contribution in [0.4, 0.5) is 5.82 Å². The lowest BCUT2D eigenvalue weighted by molar-refractivity contribution is 0.0953. The molecule has 4 rings (SSSR count). The van der Waals surface area contributed by atoms with Crippen molar-refractivity contribution in [3.05, 3.63) is 72.3 Å². The molecular formula is C25H25N3O3S. The van der Waals surface area contributed by atoms with Crippen molar-refractivity contribution in [1.82, 2.24) is 9.69 Å². The summed E-state index contributed by atoms with van der Waals surface area (Å²) in [5.41, 5.74) is 2.78. The number of amides is 1. The van der Waals surface area contributed by atoms with Crippen molar-refractivity contribution in [2.45, 2.75) is 6.42 Å². The van der Waals surface area contributed by atoms with E-state index in [0.717, 1.165) is 45.0 Å². The second-order valence-electron chi connectivity index (χ2n) is 7.24. The molecule has 32 heavy (non-hydrogen) atoms. The van der Waals surface area contributed by atoms with E-state index in [0.29, 0.717) is 18.7 Å². The molecule has 6 nitrogen and oxygen atoms in total. The molecule has 0 aliphatic rings. The highest BCUT2D eigenvalue weighted by Crippen LogP contribution is 2.30. The highest BCUT2D eigenvalue weighted by atomic mass is 32.1. The van der Waals surface area contributed by atoms with Gasteiger partial charge in [-0.05, 0) is 71.5 Å². The summed E-state index contributed by atoms with van der Waals surface area (Å²) in [5.74, 6) is 2.41. The number of methoxy groups -OCH3 is 2. The van der Waals surface area contributed by atoms with Gasteiger partial charge in [0.15, 0.2) is 0 Å². The van der Waals surface area contributed by atoms with Crippen molar-refractivity contribution in [3.8, 4) is 22.6 Å². The number of ether oxygens (including phenoxy) is 2. The molecule has 0 aliphatic carbocycles. The number of nitrogens with one attached hydrogen (secondary N) is 2. The van der Waals surface area contributed by atoms with Crippen LogP contribution in [-0.4, -0.2) is 37.6 Å².